The van der Waals surface area contributed by atoms with Crippen LogP contribution in [0, 0.1) is 0 Å². The zero-order valence-electron chi connectivity index (χ0n) is 20.1. The molecular formula is C23H21ClF6N6O4. The molecule has 2 aromatic carbocycles. The summed E-state index contributed by atoms with van der Waals surface area (Å²) >= 11 is 5.83. The van der Waals surface area contributed by atoms with E-state index in [0.717, 1.165) is 18.2 Å². The van der Waals surface area contributed by atoms with Crippen LogP contribution in [-0.4, -0.2) is 50.2 Å². The molecule has 0 aliphatic carbocycles. The van der Waals surface area contributed by atoms with Crippen molar-refractivity contribution in [1.29, 1.82) is 0 Å². The molecule has 10 nitrogen and oxygen atoms in total. The largest absolute Gasteiger partial charge is 0.416 e. The van der Waals surface area contributed by atoms with Crippen LogP contribution in [0.4, 0.5) is 31.1 Å². The lowest BCUT2D eigenvalue weighted by Crippen LogP contribution is -2.42. The number of urea groups is 1. The van der Waals surface area contributed by atoms with Gasteiger partial charge in [0.25, 0.3) is 0 Å². The zero-order chi connectivity index (χ0) is 29.8. The Kier molecular flexibility index (Phi) is 9.14. The summed E-state index contributed by atoms with van der Waals surface area (Å²) < 4.78 is 80.8. The van der Waals surface area contributed by atoms with Crippen molar-refractivity contribution in [2.45, 2.75) is 37.6 Å². The van der Waals surface area contributed by atoms with Crippen molar-refractivity contribution < 1.29 is 41.0 Å². The van der Waals surface area contributed by atoms with Crippen molar-refractivity contribution >= 4 is 23.5 Å². The summed E-state index contributed by atoms with van der Waals surface area (Å²) in [5.41, 5.74) is 2.39. The molecule has 1 heterocycles. The molecule has 0 saturated carbocycles. The van der Waals surface area contributed by atoms with E-state index < -0.39 is 72.9 Å². The lowest BCUT2D eigenvalue weighted by Gasteiger charge is -2.23. The summed E-state index contributed by atoms with van der Waals surface area (Å²) in [5, 5.41) is 18.1. The predicted molar refractivity (Wildman–Crippen MR) is 129 cm³/mol. The van der Waals surface area contributed by atoms with Crippen LogP contribution in [0.2, 0.25) is 5.02 Å². The van der Waals surface area contributed by atoms with E-state index >= 15 is 0 Å². The molecule has 0 aliphatic rings. The topological polar surface area (TPSA) is 144 Å². The molecule has 3 rings (SSSR count). The van der Waals surface area contributed by atoms with Crippen molar-refractivity contribution in [2.24, 2.45) is 5.73 Å². The van der Waals surface area contributed by atoms with Crippen LogP contribution in [-0.2, 0) is 24.1 Å². The smallest absolute Gasteiger partial charge is 0.382 e. The molecule has 0 radical (unpaired) electrons. The third-order valence-corrected chi connectivity index (χ3v) is 5.76. The van der Waals surface area contributed by atoms with E-state index in [1.807, 2.05) is 0 Å². The fraction of sp³-hybridized carbons (Fsp3) is 0.304. The molecular weight excluding hydrogens is 574 g/mol. The van der Waals surface area contributed by atoms with Gasteiger partial charge in [0.2, 0.25) is 5.91 Å². The maximum atomic E-state index is 13.6. The van der Waals surface area contributed by atoms with Crippen molar-refractivity contribution in [2.75, 3.05) is 6.54 Å². The lowest BCUT2D eigenvalue weighted by atomic mass is 9.99. The number of halogens is 7. The minimum absolute atomic E-state index is 0.123. The highest BCUT2D eigenvalue weighted by atomic mass is 35.5. The molecule has 3 aromatic rings. The number of amides is 3. The second-order valence-corrected chi connectivity index (χ2v) is 8.83. The molecule has 0 aliphatic heterocycles. The summed E-state index contributed by atoms with van der Waals surface area (Å²) in [6.45, 7) is -2.76. The Labute approximate surface area is 226 Å². The van der Waals surface area contributed by atoms with Gasteiger partial charge in [-0.3, -0.25) is 9.36 Å². The van der Waals surface area contributed by atoms with Gasteiger partial charge in [0.15, 0.2) is 11.9 Å². The van der Waals surface area contributed by atoms with Crippen molar-refractivity contribution in [3.63, 3.8) is 0 Å². The number of primary amides is 1. The van der Waals surface area contributed by atoms with Gasteiger partial charge in [-0.2, -0.15) is 26.3 Å². The minimum Gasteiger partial charge on any atom is -0.382 e. The van der Waals surface area contributed by atoms with Crippen molar-refractivity contribution in [3.05, 3.63) is 75.2 Å². The number of hydrogen-bond donors (Lipinski definition) is 4. The Balaban J connectivity index is 1.96. The third-order valence-electron chi connectivity index (χ3n) is 5.51. The summed E-state index contributed by atoms with van der Waals surface area (Å²) in [7, 11) is 0. The molecule has 3 amide bonds. The molecule has 0 spiro atoms. The third kappa shape index (κ3) is 7.53. The summed E-state index contributed by atoms with van der Waals surface area (Å²) in [4.78, 5) is 37.0. The molecule has 1 aromatic heterocycles. The van der Waals surface area contributed by atoms with Crippen LogP contribution >= 0.6 is 11.6 Å². The standard InChI is InChI=1S/C23H21ClF6N6O4/c24-13-7-5-12(6-8-13)19-34-36(21(40)35(19)10-17(37)23(28,29)30)11-18(38)33-16(9-32-20(31)39)14-3-1-2-4-15(14)22(25,26)27/h1-8,16-17,37H,9-11H2,(H,33,38)(H3,31,32,39). The molecule has 0 fully saturated rings. The van der Waals surface area contributed by atoms with Gasteiger partial charge in [-0.1, -0.05) is 29.8 Å². The highest BCUT2D eigenvalue weighted by Gasteiger charge is 2.39. The first-order chi connectivity index (χ1) is 18.6. The Bertz CT molecular complexity index is 1420. The Hall–Kier alpha value is -4.05. The molecule has 2 atom stereocenters. The van der Waals surface area contributed by atoms with Crippen LogP contribution in [0.25, 0.3) is 11.4 Å². The van der Waals surface area contributed by atoms with Crippen LogP contribution in [0.5, 0.6) is 0 Å². The number of alkyl halides is 6. The number of nitrogens with one attached hydrogen (secondary N) is 2. The average molecular weight is 595 g/mol. The van der Waals surface area contributed by atoms with Gasteiger partial charge in [0, 0.05) is 17.1 Å². The number of carbonyl (C=O) groups is 2. The Morgan fingerprint density at radius 2 is 1.68 bits per heavy atom. The highest BCUT2D eigenvalue weighted by molar-refractivity contribution is 6.30. The van der Waals surface area contributed by atoms with Crippen LogP contribution < -0.4 is 22.1 Å². The second kappa shape index (κ2) is 12.0. The Morgan fingerprint density at radius 3 is 2.25 bits per heavy atom. The molecule has 0 saturated heterocycles. The minimum atomic E-state index is -5.08. The molecule has 40 heavy (non-hydrogen) atoms. The fourth-order valence-corrected chi connectivity index (χ4v) is 3.80. The van der Waals surface area contributed by atoms with E-state index in [4.69, 9.17) is 17.3 Å². The number of aliphatic hydroxyl groups excluding tert-OH is 1. The monoisotopic (exact) mass is 594 g/mol. The number of benzene rings is 2. The second-order valence-electron chi connectivity index (χ2n) is 8.39. The number of rotatable bonds is 9. The van der Waals surface area contributed by atoms with Gasteiger partial charge in [-0.05, 0) is 35.9 Å². The molecule has 0 bridgehead atoms. The molecule has 5 N–H and O–H groups in total. The zero-order valence-corrected chi connectivity index (χ0v) is 20.9. The first-order valence-electron chi connectivity index (χ1n) is 11.2. The van der Waals surface area contributed by atoms with E-state index in [-0.39, 0.29) is 16.4 Å². The fourth-order valence-electron chi connectivity index (χ4n) is 3.67. The van der Waals surface area contributed by atoms with E-state index in [0.29, 0.717) is 9.25 Å². The maximum absolute atomic E-state index is 13.6. The van der Waals surface area contributed by atoms with Gasteiger partial charge < -0.3 is 21.5 Å². The normalized spacial score (nSPS) is 13.5. The molecule has 216 valence electrons. The van der Waals surface area contributed by atoms with Gasteiger partial charge in [-0.15, -0.1) is 5.10 Å². The average Bonchev–Trinajstić information content (AvgIpc) is 3.15. The van der Waals surface area contributed by atoms with Crippen molar-refractivity contribution in [3.8, 4) is 11.4 Å². The summed E-state index contributed by atoms with van der Waals surface area (Å²) in [6, 6.07) is 7.06. The maximum Gasteiger partial charge on any atom is 0.416 e. The number of nitrogens with zero attached hydrogens (tertiary/aromatic N) is 3. The lowest BCUT2D eigenvalue weighted by molar-refractivity contribution is -0.207. The number of aromatic nitrogens is 3. The van der Waals surface area contributed by atoms with Crippen LogP contribution in [0.15, 0.2) is 53.3 Å². The highest BCUT2D eigenvalue weighted by Crippen LogP contribution is 2.34. The van der Waals surface area contributed by atoms with Crippen molar-refractivity contribution in [1.82, 2.24) is 25.0 Å². The quantitative estimate of drug-likeness (QED) is 0.282. The molecule has 2 unspecified atom stereocenters. The van der Waals surface area contributed by atoms with Gasteiger partial charge in [0.05, 0.1) is 18.2 Å². The number of aliphatic hydroxyl groups is 1. The number of hydrogen-bond acceptors (Lipinski definition) is 5. The van der Waals surface area contributed by atoms with Crippen LogP contribution in [0.3, 0.4) is 0 Å². The first kappa shape index (κ1) is 30.5. The first-order valence-corrected chi connectivity index (χ1v) is 11.6. The van der Waals surface area contributed by atoms with E-state index in [1.54, 1.807) is 0 Å². The molecule has 17 heteroatoms. The predicted octanol–water partition coefficient (Wildman–Crippen LogP) is 2.83. The van der Waals surface area contributed by atoms with Crippen LogP contribution in [0.1, 0.15) is 17.2 Å². The van der Waals surface area contributed by atoms with Gasteiger partial charge >= 0.3 is 24.1 Å². The van der Waals surface area contributed by atoms with E-state index in [9.17, 15) is 45.8 Å². The SMILES string of the molecule is NC(=O)NCC(NC(=O)Cn1nc(-c2ccc(Cl)cc2)n(CC(O)C(F)(F)F)c1=O)c1ccccc1C(F)(F)F. The van der Waals surface area contributed by atoms with E-state index in [1.165, 1.54) is 30.3 Å². The Morgan fingerprint density at radius 1 is 1.05 bits per heavy atom. The number of nitrogens with two attached hydrogens (primary N) is 1. The summed E-state index contributed by atoms with van der Waals surface area (Å²) in [5.74, 6) is -1.41. The van der Waals surface area contributed by atoms with Gasteiger partial charge in [0.1, 0.15) is 6.54 Å². The number of carbonyl (C=O) groups excluding carboxylic acids is 2. The van der Waals surface area contributed by atoms with Gasteiger partial charge in [-0.25, -0.2) is 14.3 Å². The van der Waals surface area contributed by atoms with E-state index in [2.05, 4.69) is 15.7 Å². The summed E-state index contributed by atoms with van der Waals surface area (Å²) in [6.07, 6.45) is -12.9.